The number of hydrogen-bond donors (Lipinski definition) is 1. The van der Waals surface area contributed by atoms with Crippen molar-refractivity contribution in [2.45, 2.75) is 52.0 Å². The first-order valence-electron chi connectivity index (χ1n) is 6.37. The van der Waals surface area contributed by atoms with Crippen LogP contribution in [0.4, 0.5) is 5.82 Å². The van der Waals surface area contributed by atoms with Crippen molar-refractivity contribution in [2.75, 3.05) is 5.32 Å². The Labute approximate surface area is 97.7 Å². The van der Waals surface area contributed by atoms with Gasteiger partial charge in [0.1, 0.15) is 12.1 Å². The Bertz CT molecular complexity index is 338. The molecule has 1 aliphatic rings. The summed E-state index contributed by atoms with van der Waals surface area (Å²) in [6.07, 6.45) is 7.80. The third kappa shape index (κ3) is 2.71. The molecule has 0 amide bonds. The molecule has 0 aliphatic heterocycles. The maximum absolute atomic E-state index is 4.30. The molecular weight excluding hydrogens is 198 g/mol. The highest BCUT2D eigenvalue weighted by Crippen LogP contribution is 2.27. The topological polar surface area (TPSA) is 37.8 Å². The summed E-state index contributed by atoms with van der Waals surface area (Å²) in [4.78, 5) is 8.57. The lowest BCUT2D eigenvalue weighted by Crippen LogP contribution is -2.22. The van der Waals surface area contributed by atoms with Crippen molar-refractivity contribution in [3.8, 4) is 0 Å². The number of anilines is 1. The molecule has 1 N–H and O–H groups in total. The predicted octanol–water partition coefficient (Wildman–Crippen LogP) is 3.03. The third-order valence-corrected chi connectivity index (χ3v) is 3.42. The maximum Gasteiger partial charge on any atom is 0.129 e. The second-order valence-corrected chi connectivity index (χ2v) is 4.80. The summed E-state index contributed by atoms with van der Waals surface area (Å²) in [5.41, 5.74) is 1.14. The molecular formula is C13H21N3. The quantitative estimate of drug-likeness (QED) is 0.845. The van der Waals surface area contributed by atoms with Crippen molar-refractivity contribution in [3.63, 3.8) is 0 Å². The van der Waals surface area contributed by atoms with Crippen LogP contribution in [-0.2, 0) is 6.42 Å². The minimum absolute atomic E-state index is 0.601. The molecule has 1 aromatic rings. The van der Waals surface area contributed by atoms with Crippen LogP contribution < -0.4 is 5.32 Å². The summed E-state index contributed by atoms with van der Waals surface area (Å²) in [5, 5.41) is 3.54. The minimum Gasteiger partial charge on any atom is -0.367 e. The van der Waals surface area contributed by atoms with Gasteiger partial charge in [-0.05, 0) is 25.2 Å². The fourth-order valence-corrected chi connectivity index (χ4v) is 2.42. The van der Waals surface area contributed by atoms with Crippen LogP contribution in [0.1, 0.15) is 45.2 Å². The summed E-state index contributed by atoms with van der Waals surface area (Å²) in [6.45, 7) is 4.49. The van der Waals surface area contributed by atoms with Gasteiger partial charge in [-0.15, -0.1) is 0 Å². The molecule has 3 heteroatoms. The second-order valence-electron chi connectivity index (χ2n) is 4.80. The number of aromatic nitrogens is 2. The summed E-state index contributed by atoms with van der Waals surface area (Å²) >= 11 is 0. The van der Waals surface area contributed by atoms with Crippen LogP contribution in [0.2, 0.25) is 0 Å². The number of aryl methyl sites for hydroxylation is 1. The van der Waals surface area contributed by atoms with Crippen LogP contribution in [-0.4, -0.2) is 16.0 Å². The van der Waals surface area contributed by atoms with Crippen molar-refractivity contribution < 1.29 is 0 Å². The number of nitrogens with zero attached hydrogens (tertiary/aromatic N) is 2. The Morgan fingerprint density at radius 1 is 1.38 bits per heavy atom. The lowest BCUT2D eigenvalue weighted by molar-refractivity contribution is 0.554. The molecule has 0 radical (unpaired) electrons. The zero-order valence-electron chi connectivity index (χ0n) is 10.2. The van der Waals surface area contributed by atoms with Crippen molar-refractivity contribution in [1.29, 1.82) is 0 Å². The van der Waals surface area contributed by atoms with E-state index in [2.05, 4.69) is 35.2 Å². The van der Waals surface area contributed by atoms with Gasteiger partial charge in [0.2, 0.25) is 0 Å². The van der Waals surface area contributed by atoms with Gasteiger partial charge in [-0.1, -0.05) is 26.7 Å². The molecule has 2 atom stereocenters. The Morgan fingerprint density at radius 2 is 2.25 bits per heavy atom. The predicted molar refractivity (Wildman–Crippen MR) is 66.5 cm³/mol. The van der Waals surface area contributed by atoms with Crippen molar-refractivity contribution in [2.24, 2.45) is 5.92 Å². The summed E-state index contributed by atoms with van der Waals surface area (Å²) < 4.78 is 0. The van der Waals surface area contributed by atoms with Gasteiger partial charge in [0.25, 0.3) is 0 Å². The van der Waals surface area contributed by atoms with Crippen LogP contribution in [0.15, 0.2) is 12.4 Å². The van der Waals surface area contributed by atoms with Crippen LogP contribution in [0.25, 0.3) is 0 Å². The standard InChI is InChI=1S/C13H21N3/c1-3-5-11-8-13(15-9-14-11)16-12-7-4-6-10(12)2/h8-10,12H,3-7H2,1-2H3,(H,14,15,16). The van der Waals surface area contributed by atoms with Gasteiger partial charge in [0.15, 0.2) is 0 Å². The molecule has 88 valence electrons. The molecule has 0 spiro atoms. The smallest absolute Gasteiger partial charge is 0.129 e. The monoisotopic (exact) mass is 219 g/mol. The summed E-state index contributed by atoms with van der Waals surface area (Å²) in [5.74, 6) is 1.77. The molecule has 0 bridgehead atoms. The maximum atomic E-state index is 4.30. The largest absolute Gasteiger partial charge is 0.367 e. The molecule has 1 fully saturated rings. The Kier molecular flexibility index (Phi) is 3.75. The highest BCUT2D eigenvalue weighted by atomic mass is 15.0. The first kappa shape index (κ1) is 11.4. The van der Waals surface area contributed by atoms with Gasteiger partial charge in [-0.2, -0.15) is 0 Å². The van der Waals surface area contributed by atoms with E-state index in [1.807, 2.05) is 0 Å². The van der Waals surface area contributed by atoms with Crippen LogP contribution in [0.3, 0.4) is 0 Å². The van der Waals surface area contributed by atoms with Gasteiger partial charge in [-0.3, -0.25) is 0 Å². The molecule has 0 aromatic carbocycles. The number of rotatable bonds is 4. The molecule has 1 aliphatic carbocycles. The molecule has 1 saturated carbocycles. The average molecular weight is 219 g/mol. The van der Waals surface area contributed by atoms with E-state index in [1.54, 1.807) is 6.33 Å². The zero-order chi connectivity index (χ0) is 11.4. The molecule has 3 nitrogen and oxygen atoms in total. The van der Waals surface area contributed by atoms with Gasteiger partial charge >= 0.3 is 0 Å². The van der Waals surface area contributed by atoms with Crippen molar-refractivity contribution in [3.05, 3.63) is 18.1 Å². The molecule has 2 unspecified atom stereocenters. The van der Waals surface area contributed by atoms with E-state index in [0.29, 0.717) is 6.04 Å². The van der Waals surface area contributed by atoms with E-state index >= 15 is 0 Å². The number of nitrogens with one attached hydrogen (secondary N) is 1. The first-order valence-corrected chi connectivity index (χ1v) is 6.37. The van der Waals surface area contributed by atoms with Gasteiger partial charge in [0, 0.05) is 17.8 Å². The summed E-state index contributed by atoms with van der Waals surface area (Å²) in [6, 6.07) is 2.69. The molecule has 0 saturated heterocycles. The fraction of sp³-hybridized carbons (Fsp3) is 0.692. The van der Waals surface area contributed by atoms with E-state index in [1.165, 1.54) is 19.3 Å². The van der Waals surface area contributed by atoms with E-state index in [4.69, 9.17) is 0 Å². The Hall–Kier alpha value is -1.12. The SMILES string of the molecule is CCCc1cc(NC2CCCC2C)ncn1. The first-order chi connectivity index (χ1) is 7.79. The zero-order valence-corrected chi connectivity index (χ0v) is 10.2. The van der Waals surface area contributed by atoms with Crippen molar-refractivity contribution in [1.82, 2.24) is 9.97 Å². The molecule has 2 rings (SSSR count). The Morgan fingerprint density at radius 3 is 2.94 bits per heavy atom. The number of hydrogen-bond acceptors (Lipinski definition) is 3. The average Bonchev–Trinajstić information content (AvgIpc) is 2.66. The lowest BCUT2D eigenvalue weighted by Gasteiger charge is -2.17. The van der Waals surface area contributed by atoms with E-state index in [9.17, 15) is 0 Å². The minimum atomic E-state index is 0.601. The highest BCUT2D eigenvalue weighted by molar-refractivity contribution is 5.36. The molecule has 16 heavy (non-hydrogen) atoms. The lowest BCUT2D eigenvalue weighted by atomic mass is 10.1. The van der Waals surface area contributed by atoms with E-state index < -0.39 is 0 Å². The normalized spacial score (nSPS) is 24.6. The Balaban J connectivity index is 2.00. The highest BCUT2D eigenvalue weighted by Gasteiger charge is 2.23. The van der Waals surface area contributed by atoms with Crippen LogP contribution in [0.5, 0.6) is 0 Å². The summed E-state index contributed by atoms with van der Waals surface area (Å²) in [7, 11) is 0. The van der Waals surface area contributed by atoms with Crippen LogP contribution >= 0.6 is 0 Å². The van der Waals surface area contributed by atoms with Gasteiger partial charge in [-0.25, -0.2) is 9.97 Å². The van der Waals surface area contributed by atoms with E-state index in [0.717, 1.165) is 30.3 Å². The fourth-order valence-electron chi connectivity index (χ4n) is 2.42. The van der Waals surface area contributed by atoms with Crippen LogP contribution in [0, 0.1) is 5.92 Å². The molecule has 1 aromatic heterocycles. The third-order valence-electron chi connectivity index (χ3n) is 3.42. The van der Waals surface area contributed by atoms with E-state index in [-0.39, 0.29) is 0 Å². The van der Waals surface area contributed by atoms with Crippen molar-refractivity contribution >= 4 is 5.82 Å². The van der Waals surface area contributed by atoms with Gasteiger partial charge in [0.05, 0.1) is 0 Å². The van der Waals surface area contributed by atoms with Gasteiger partial charge < -0.3 is 5.32 Å². The second kappa shape index (κ2) is 5.28. The molecule has 1 heterocycles.